The molecule has 2 aromatic carbocycles. The number of hydrazone groups is 1. The molecule has 0 saturated carbocycles. The summed E-state index contributed by atoms with van der Waals surface area (Å²) < 4.78 is 5.02. The first-order valence-electron chi connectivity index (χ1n) is 5.61. The van der Waals surface area contributed by atoms with Crippen LogP contribution in [0.1, 0.15) is 5.56 Å². The van der Waals surface area contributed by atoms with Gasteiger partial charge in [-0.2, -0.15) is 5.10 Å². The van der Waals surface area contributed by atoms with Gasteiger partial charge >= 0.3 is 0 Å². The van der Waals surface area contributed by atoms with Gasteiger partial charge in [0.25, 0.3) is 0 Å². The fraction of sp³-hybridized carbons (Fsp3) is 0.0714. The molecular formula is C14H13ClN2O2. The van der Waals surface area contributed by atoms with Crippen LogP contribution in [-0.2, 0) is 0 Å². The minimum atomic E-state index is 0.0571. The van der Waals surface area contributed by atoms with Gasteiger partial charge in [0.15, 0.2) is 11.5 Å². The Morgan fingerprint density at radius 3 is 2.79 bits per heavy atom. The van der Waals surface area contributed by atoms with E-state index in [0.29, 0.717) is 16.3 Å². The number of phenols is 1. The number of hydrogen-bond acceptors (Lipinski definition) is 4. The van der Waals surface area contributed by atoms with E-state index in [1.165, 1.54) is 13.3 Å². The molecule has 0 saturated heterocycles. The van der Waals surface area contributed by atoms with Crippen LogP contribution in [0.15, 0.2) is 47.6 Å². The molecule has 5 heteroatoms. The van der Waals surface area contributed by atoms with E-state index in [4.69, 9.17) is 16.3 Å². The van der Waals surface area contributed by atoms with Crippen molar-refractivity contribution in [2.75, 3.05) is 12.5 Å². The summed E-state index contributed by atoms with van der Waals surface area (Å²) in [6.45, 7) is 0. The topological polar surface area (TPSA) is 53.8 Å². The number of nitrogens with one attached hydrogen (secondary N) is 1. The average Bonchev–Trinajstić information content (AvgIpc) is 2.41. The molecule has 2 rings (SSSR count). The highest BCUT2D eigenvalue weighted by molar-refractivity contribution is 6.30. The fourth-order valence-corrected chi connectivity index (χ4v) is 1.73. The summed E-state index contributed by atoms with van der Waals surface area (Å²) in [4.78, 5) is 0. The van der Waals surface area contributed by atoms with Crippen molar-refractivity contribution in [3.8, 4) is 11.5 Å². The third-order valence-electron chi connectivity index (χ3n) is 2.47. The Balaban J connectivity index is 2.11. The number of benzene rings is 2. The number of nitrogens with zero attached hydrogens (tertiary/aromatic N) is 1. The van der Waals surface area contributed by atoms with E-state index in [1.807, 2.05) is 12.1 Å². The van der Waals surface area contributed by atoms with E-state index in [-0.39, 0.29) is 5.75 Å². The zero-order valence-electron chi connectivity index (χ0n) is 10.3. The summed E-state index contributed by atoms with van der Waals surface area (Å²) in [5, 5.41) is 14.5. The number of ether oxygens (including phenoxy) is 1. The van der Waals surface area contributed by atoms with Gasteiger partial charge in [-0.25, -0.2) is 0 Å². The first-order chi connectivity index (χ1) is 9.20. The Hall–Kier alpha value is -2.20. The highest BCUT2D eigenvalue weighted by Gasteiger charge is 2.04. The fourth-order valence-electron chi connectivity index (χ4n) is 1.54. The van der Waals surface area contributed by atoms with Crippen LogP contribution in [0.3, 0.4) is 0 Å². The lowest BCUT2D eigenvalue weighted by molar-refractivity contribution is 0.373. The number of anilines is 1. The molecule has 0 unspecified atom stereocenters. The first-order valence-corrected chi connectivity index (χ1v) is 5.99. The van der Waals surface area contributed by atoms with Gasteiger partial charge in [0.05, 0.1) is 19.0 Å². The van der Waals surface area contributed by atoms with E-state index in [1.54, 1.807) is 30.3 Å². The normalized spacial score (nSPS) is 10.6. The van der Waals surface area contributed by atoms with Crippen LogP contribution < -0.4 is 10.2 Å². The molecule has 0 atom stereocenters. The zero-order chi connectivity index (χ0) is 13.7. The Kier molecular flexibility index (Phi) is 4.26. The molecule has 0 aliphatic heterocycles. The van der Waals surface area contributed by atoms with E-state index < -0.39 is 0 Å². The van der Waals surface area contributed by atoms with Crippen molar-refractivity contribution >= 4 is 23.5 Å². The SMILES string of the molecule is COc1cccc(/C=N/Nc2cccc(Cl)c2)c1O. The molecule has 0 amide bonds. The Morgan fingerprint density at radius 1 is 1.26 bits per heavy atom. The molecule has 0 fully saturated rings. The molecule has 0 radical (unpaired) electrons. The highest BCUT2D eigenvalue weighted by Crippen LogP contribution is 2.28. The molecule has 0 spiro atoms. The Bertz CT molecular complexity index is 600. The number of aromatic hydroxyl groups is 1. The first kappa shape index (κ1) is 13.2. The van der Waals surface area contributed by atoms with Crippen LogP contribution >= 0.6 is 11.6 Å². The summed E-state index contributed by atoms with van der Waals surface area (Å²) in [7, 11) is 1.50. The average molecular weight is 277 g/mol. The quantitative estimate of drug-likeness (QED) is 0.664. The Labute approximate surface area is 116 Å². The minimum absolute atomic E-state index is 0.0571. The third kappa shape index (κ3) is 3.39. The maximum absolute atomic E-state index is 9.86. The summed E-state index contributed by atoms with van der Waals surface area (Å²) in [5.41, 5.74) is 4.17. The van der Waals surface area contributed by atoms with Crippen LogP contribution in [-0.4, -0.2) is 18.4 Å². The number of halogens is 1. The van der Waals surface area contributed by atoms with Gasteiger partial charge in [0.1, 0.15) is 0 Å². The monoisotopic (exact) mass is 276 g/mol. The summed E-state index contributed by atoms with van der Waals surface area (Å²) >= 11 is 5.86. The molecule has 0 aliphatic rings. The highest BCUT2D eigenvalue weighted by atomic mass is 35.5. The van der Waals surface area contributed by atoms with Gasteiger partial charge in [0.2, 0.25) is 0 Å². The number of methoxy groups -OCH3 is 1. The third-order valence-corrected chi connectivity index (χ3v) is 2.71. The van der Waals surface area contributed by atoms with Gasteiger partial charge < -0.3 is 9.84 Å². The number of para-hydroxylation sites is 1. The molecule has 98 valence electrons. The molecule has 0 bridgehead atoms. The predicted octanol–water partition coefficient (Wildman–Crippen LogP) is 3.50. The number of hydrogen-bond donors (Lipinski definition) is 2. The molecule has 4 nitrogen and oxygen atoms in total. The molecular weight excluding hydrogens is 264 g/mol. The van der Waals surface area contributed by atoms with Gasteiger partial charge in [-0.1, -0.05) is 23.7 Å². The van der Waals surface area contributed by atoms with Crippen LogP contribution in [0.25, 0.3) is 0 Å². The maximum atomic E-state index is 9.86. The van der Waals surface area contributed by atoms with Crippen LogP contribution in [0.2, 0.25) is 5.02 Å². The van der Waals surface area contributed by atoms with Gasteiger partial charge in [-0.3, -0.25) is 5.43 Å². The smallest absolute Gasteiger partial charge is 0.166 e. The lowest BCUT2D eigenvalue weighted by Gasteiger charge is -2.05. The van der Waals surface area contributed by atoms with Crippen molar-refractivity contribution in [2.24, 2.45) is 5.10 Å². The molecule has 2 aromatic rings. The minimum Gasteiger partial charge on any atom is -0.504 e. The lowest BCUT2D eigenvalue weighted by atomic mass is 10.2. The largest absolute Gasteiger partial charge is 0.504 e. The van der Waals surface area contributed by atoms with Crippen molar-refractivity contribution in [1.82, 2.24) is 0 Å². The van der Waals surface area contributed by atoms with Crippen molar-refractivity contribution in [2.45, 2.75) is 0 Å². The standard InChI is InChI=1S/C14H13ClN2O2/c1-19-13-7-2-4-10(14(13)18)9-16-17-12-6-3-5-11(15)8-12/h2-9,17-18H,1H3/b16-9+. The van der Waals surface area contributed by atoms with Crippen molar-refractivity contribution in [3.05, 3.63) is 53.1 Å². The van der Waals surface area contributed by atoms with Gasteiger partial charge in [-0.15, -0.1) is 0 Å². The van der Waals surface area contributed by atoms with Crippen LogP contribution in [0.5, 0.6) is 11.5 Å². The second-order valence-electron chi connectivity index (χ2n) is 3.78. The molecule has 0 aromatic heterocycles. The van der Waals surface area contributed by atoms with E-state index >= 15 is 0 Å². The van der Waals surface area contributed by atoms with Crippen molar-refractivity contribution in [1.29, 1.82) is 0 Å². The van der Waals surface area contributed by atoms with Crippen molar-refractivity contribution in [3.63, 3.8) is 0 Å². The van der Waals surface area contributed by atoms with E-state index in [0.717, 1.165) is 5.69 Å². The maximum Gasteiger partial charge on any atom is 0.166 e. The number of rotatable bonds is 4. The predicted molar refractivity (Wildman–Crippen MR) is 77.3 cm³/mol. The number of phenolic OH excluding ortho intramolecular Hbond substituents is 1. The molecule has 0 aliphatic carbocycles. The van der Waals surface area contributed by atoms with Gasteiger partial charge in [-0.05, 0) is 30.3 Å². The van der Waals surface area contributed by atoms with E-state index in [9.17, 15) is 5.11 Å². The Morgan fingerprint density at radius 2 is 2.05 bits per heavy atom. The second-order valence-corrected chi connectivity index (χ2v) is 4.21. The van der Waals surface area contributed by atoms with Gasteiger partial charge in [0, 0.05) is 10.6 Å². The molecule has 2 N–H and O–H groups in total. The second kappa shape index (κ2) is 6.11. The van der Waals surface area contributed by atoms with E-state index in [2.05, 4.69) is 10.5 Å². The lowest BCUT2D eigenvalue weighted by Crippen LogP contribution is -1.92. The van der Waals surface area contributed by atoms with Crippen molar-refractivity contribution < 1.29 is 9.84 Å². The molecule has 19 heavy (non-hydrogen) atoms. The summed E-state index contributed by atoms with van der Waals surface area (Å²) in [6, 6.07) is 12.4. The summed E-state index contributed by atoms with van der Waals surface area (Å²) in [5.74, 6) is 0.466. The molecule has 0 heterocycles. The van der Waals surface area contributed by atoms with Crippen LogP contribution in [0.4, 0.5) is 5.69 Å². The summed E-state index contributed by atoms with van der Waals surface area (Å²) in [6.07, 6.45) is 1.51. The zero-order valence-corrected chi connectivity index (χ0v) is 11.1. The van der Waals surface area contributed by atoms with Crippen LogP contribution in [0, 0.1) is 0 Å².